The fourth-order valence-electron chi connectivity index (χ4n) is 4.25. The number of anilines is 1. The van der Waals surface area contributed by atoms with Crippen molar-refractivity contribution in [2.45, 2.75) is 25.8 Å². The van der Waals surface area contributed by atoms with Crippen LogP contribution in [0.3, 0.4) is 0 Å². The maximum atomic E-state index is 14.0. The summed E-state index contributed by atoms with van der Waals surface area (Å²) in [6.45, 7) is 4.77. The third kappa shape index (κ3) is 4.12. The number of fused-ring (bicyclic) bond motifs is 1. The number of hydrogen-bond donors (Lipinski definition) is 0. The number of halogens is 1. The van der Waals surface area contributed by atoms with Gasteiger partial charge in [0.05, 0.1) is 12.0 Å². The van der Waals surface area contributed by atoms with Crippen molar-refractivity contribution in [3.63, 3.8) is 0 Å². The normalized spacial score (nSPS) is 18.2. The summed E-state index contributed by atoms with van der Waals surface area (Å²) in [7, 11) is 1.77. The SMILES string of the molecule is CC(C)CN1C(=O)c2ccccc2[C@H](C(=O)N(C)c2cccc(Cl)c2)[C@H]1c1cccs1. The molecule has 0 N–H and O–H groups in total. The number of amides is 2. The molecule has 2 heterocycles. The van der Waals surface area contributed by atoms with Gasteiger partial charge < -0.3 is 9.80 Å². The van der Waals surface area contributed by atoms with Crippen LogP contribution in [-0.4, -0.2) is 30.3 Å². The van der Waals surface area contributed by atoms with Gasteiger partial charge in [-0.05, 0) is 47.2 Å². The number of benzene rings is 2. The van der Waals surface area contributed by atoms with E-state index in [1.807, 2.05) is 58.8 Å². The van der Waals surface area contributed by atoms with Gasteiger partial charge in [0.25, 0.3) is 5.91 Å². The quantitative estimate of drug-likeness (QED) is 0.476. The Kier molecular flexibility index (Phi) is 6.17. The lowest BCUT2D eigenvalue weighted by Crippen LogP contribution is -2.48. The Hall–Kier alpha value is -2.63. The molecule has 3 aromatic rings. The van der Waals surface area contributed by atoms with Crippen molar-refractivity contribution in [1.82, 2.24) is 4.90 Å². The fraction of sp³-hybridized carbons (Fsp3) is 0.280. The molecular weight excluding hydrogens is 428 g/mol. The molecule has 1 aliphatic rings. The van der Waals surface area contributed by atoms with Gasteiger partial charge in [-0.3, -0.25) is 9.59 Å². The summed E-state index contributed by atoms with van der Waals surface area (Å²) in [4.78, 5) is 32.0. The molecule has 1 aliphatic heterocycles. The Morgan fingerprint density at radius 3 is 2.58 bits per heavy atom. The Morgan fingerprint density at radius 2 is 1.90 bits per heavy atom. The first-order chi connectivity index (χ1) is 14.9. The number of carbonyl (C=O) groups excluding carboxylic acids is 2. The molecule has 4 nitrogen and oxygen atoms in total. The van der Waals surface area contributed by atoms with Gasteiger partial charge in [0, 0.05) is 34.7 Å². The zero-order chi connectivity index (χ0) is 22.1. The standard InChI is InChI=1S/C25H25ClN2O2S/c1-16(2)15-28-23(21-12-7-13-31-21)22(19-10-4-5-11-20(19)24(28)29)25(30)27(3)18-9-6-8-17(26)14-18/h4-14,16,22-23H,15H2,1-3H3/t22-,23+/m0/s1. The fourth-order valence-corrected chi connectivity index (χ4v) is 5.31. The van der Waals surface area contributed by atoms with E-state index >= 15 is 0 Å². The first-order valence-electron chi connectivity index (χ1n) is 10.3. The van der Waals surface area contributed by atoms with Gasteiger partial charge >= 0.3 is 0 Å². The topological polar surface area (TPSA) is 40.6 Å². The van der Waals surface area contributed by atoms with Crippen LogP contribution in [-0.2, 0) is 4.79 Å². The molecule has 2 amide bonds. The van der Waals surface area contributed by atoms with Gasteiger partial charge in [-0.25, -0.2) is 0 Å². The van der Waals surface area contributed by atoms with E-state index in [9.17, 15) is 9.59 Å². The van der Waals surface area contributed by atoms with Crippen LogP contribution in [0.5, 0.6) is 0 Å². The highest BCUT2D eigenvalue weighted by Crippen LogP contribution is 2.45. The zero-order valence-corrected chi connectivity index (χ0v) is 19.4. The zero-order valence-electron chi connectivity index (χ0n) is 17.8. The first kappa shape index (κ1) is 21.6. The van der Waals surface area contributed by atoms with Crippen molar-refractivity contribution in [1.29, 1.82) is 0 Å². The average molecular weight is 453 g/mol. The van der Waals surface area contributed by atoms with E-state index in [1.54, 1.807) is 35.4 Å². The van der Waals surface area contributed by atoms with E-state index < -0.39 is 5.92 Å². The van der Waals surface area contributed by atoms with Crippen molar-refractivity contribution in [2.75, 3.05) is 18.5 Å². The van der Waals surface area contributed by atoms with Crippen LogP contribution in [0.25, 0.3) is 0 Å². The minimum atomic E-state index is -0.504. The second-order valence-electron chi connectivity index (χ2n) is 8.25. The molecule has 0 saturated carbocycles. The summed E-state index contributed by atoms with van der Waals surface area (Å²) in [5.74, 6) is -0.306. The molecule has 2 atom stereocenters. The van der Waals surface area contributed by atoms with Gasteiger partial charge in [0.15, 0.2) is 0 Å². The largest absolute Gasteiger partial charge is 0.329 e. The molecule has 4 rings (SSSR count). The summed E-state index contributed by atoms with van der Waals surface area (Å²) in [6, 6.07) is 18.4. The smallest absolute Gasteiger partial charge is 0.254 e. The predicted molar refractivity (Wildman–Crippen MR) is 127 cm³/mol. The number of rotatable bonds is 5. The summed E-state index contributed by atoms with van der Waals surface area (Å²) in [6.07, 6.45) is 0. The Labute approximate surface area is 192 Å². The molecule has 0 saturated heterocycles. The number of carbonyl (C=O) groups is 2. The van der Waals surface area contributed by atoms with Crippen LogP contribution < -0.4 is 4.90 Å². The predicted octanol–water partition coefficient (Wildman–Crippen LogP) is 6.00. The molecular formula is C25H25ClN2O2S. The van der Waals surface area contributed by atoms with Gasteiger partial charge in [0.2, 0.25) is 5.91 Å². The highest BCUT2D eigenvalue weighted by Gasteiger charge is 2.45. The third-order valence-corrected chi connectivity index (χ3v) is 6.81. The van der Waals surface area contributed by atoms with Crippen molar-refractivity contribution in [3.8, 4) is 0 Å². The molecule has 160 valence electrons. The molecule has 31 heavy (non-hydrogen) atoms. The van der Waals surface area contributed by atoms with Crippen molar-refractivity contribution in [3.05, 3.63) is 87.1 Å². The molecule has 1 aromatic heterocycles. The Morgan fingerprint density at radius 1 is 1.13 bits per heavy atom. The first-order valence-corrected chi connectivity index (χ1v) is 11.6. The Bertz CT molecular complexity index is 1100. The third-order valence-electron chi connectivity index (χ3n) is 5.63. The van der Waals surface area contributed by atoms with Crippen LogP contribution in [0.4, 0.5) is 5.69 Å². The highest BCUT2D eigenvalue weighted by molar-refractivity contribution is 7.10. The van der Waals surface area contributed by atoms with Gasteiger partial charge in [0.1, 0.15) is 0 Å². The average Bonchev–Trinajstić information content (AvgIpc) is 3.28. The van der Waals surface area contributed by atoms with E-state index in [0.29, 0.717) is 17.1 Å². The molecule has 0 aliphatic carbocycles. The van der Waals surface area contributed by atoms with Gasteiger partial charge in [-0.2, -0.15) is 0 Å². The van der Waals surface area contributed by atoms with Crippen LogP contribution in [0.2, 0.25) is 5.02 Å². The number of likely N-dealkylation sites (N-methyl/N-ethyl adjacent to an activating group) is 1. The second kappa shape index (κ2) is 8.85. The molecule has 6 heteroatoms. The van der Waals surface area contributed by atoms with E-state index in [1.165, 1.54) is 0 Å². The van der Waals surface area contributed by atoms with Crippen LogP contribution in [0.1, 0.15) is 46.6 Å². The molecule has 0 spiro atoms. The van der Waals surface area contributed by atoms with Crippen LogP contribution in [0, 0.1) is 5.92 Å². The maximum absolute atomic E-state index is 14.0. The Balaban J connectivity index is 1.86. The summed E-state index contributed by atoms with van der Waals surface area (Å²) in [5, 5.41) is 2.57. The number of thiophene rings is 1. The minimum absolute atomic E-state index is 0.0165. The van der Waals surface area contributed by atoms with Crippen molar-refractivity contribution < 1.29 is 9.59 Å². The van der Waals surface area contributed by atoms with Crippen LogP contribution >= 0.6 is 22.9 Å². The van der Waals surface area contributed by atoms with Gasteiger partial charge in [-0.1, -0.05) is 55.8 Å². The maximum Gasteiger partial charge on any atom is 0.254 e. The molecule has 0 unspecified atom stereocenters. The minimum Gasteiger partial charge on any atom is -0.329 e. The summed E-state index contributed by atoms with van der Waals surface area (Å²) < 4.78 is 0. The lowest BCUT2D eigenvalue weighted by molar-refractivity contribution is -0.121. The van der Waals surface area contributed by atoms with E-state index in [-0.39, 0.29) is 23.8 Å². The van der Waals surface area contributed by atoms with Crippen molar-refractivity contribution in [2.24, 2.45) is 5.92 Å². The second-order valence-corrected chi connectivity index (χ2v) is 9.67. The highest BCUT2D eigenvalue weighted by atomic mass is 35.5. The molecule has 0 bridgehead atoms. The van der Waals surface area contributed by atoms with Crippen molar-refractivity contribution >= 4 is 40.4 Å². The summed E-state index contributed by atoms with van der Waals surface area (Å²) >= 11 is 7.76. The molecule has 2 aromatic carbocycles. The number of nitrogens with zero attached hydrogens (tertiary/aromatic N) is 2. The van der Waals surface area contributed by atoms with E-state index in [2.05, 4.69) is 13.8 Å². The lowest BCUT2D eigenvalue weighted by atomic mass is 9.80. The lowest BCUT2D eigenvalue weighted by Gasteiger charge is -2.43. The molecule has 0 radical (unpaired) electrons. The van der Waals surface area contributed by atoms with Gasteiger partial charge in [-0.15, -0.1) is 11.3 Å². The number of hydrogen-bond acceptors (Lipinski definition) is 3. The van der Waals surface area contributed by atoms with Crippen LogP contribution in [0.15, 0.2) is 66.0 Å². The van der Waals surface area contributed by atoms with E-state index in [4.69, 9.17) is 11.6 Å². The molecule has 0 fully saturated rings. The van der Waals surface area contributed by atoms with E-state index in [0.717, 1.165) is 16.1 Å². The monoisotopic (exact) mass is 452 g/mol. The summed E-state index contributed by atoms with van der Waals surface area (Å²) in [5.41, 5.74) is 2.12.